The molecule has 2 aromatic heterocycles. The Morgan fingerprint density at radius 3 is 1.41 bits per heavy atom. The lowest BCUT2D eigenvalue weighted by molar-refractivity contribution is 0.674. The number of anilines is 3. The standard InChI is InChI=1S/C66H42N2O/c1-4-18-53-43(14-1)34-41-60-59-24-13-23-54(65(59)69-66(53)60)45-30-37-49(38-31-45)67(50-39-32-46(33-40-50)61-42-47-15-2-3-16-51(47)55-19-5-6-20-56(55)61)48-35-28-44(29-36-48)52-17-7-10-25-62(52)68-63-26-11-8-21-57(63)58-22-9-12-27-64(58)68/h1-42H. The summed E-state index contributed by atoms with van der Waals surface area (Å²) in [4.78, 5) is 2.36. The first-order chi connectivity index (χ1) is 34.2. The zero-order chi connectivity index (χ0) is 45.4. The maximum Gasteiger partial charge on any atom is 0.143 e. The van der Waals surface area contributed by atoms with Crippen molar-refractivity contribution in [2.24, 2.45) is 0 Å². The molecule has 69 heavy (non-hydrogen) atoms. The Kier molecular flexibility index (Phi) is 8.90. The van der Waals surface area contributed by atoms with E-state index in [9.17, 15) is 0 Å². The summed E-state index contributed by atoms with van der Waals surface area (Å²) in [6.45, 7) is 0. The van der Waals surface area contributed by atoms with Gasteiger partial charge in [-0.05, 0) is 116 Å². The van der Waals surface area contributed by atoms with Crippen molar-refractivity contribution in [3.63, 3.8) is 0 Å². The average Bonchev–Trinajstić information content (AvgIpc) is 3.98. The molecule has 14 rings (SSSR count). The quantitative estimate of drug-likeness (QED) is 0.149. The summed E-state index contributed by atoms with van der Waals surface area (Å²) < 4.78 is 9.19. The third kappa shape index (κ3) is 6.29. The Morgan fingerprint density at radius 2 is 0.739 bits per heavy atom. The Bertz CT molecular complexity index is 4240. The number of hydrogen-bond acceptors (Lipinski definition) is 2. The fraction of sp³-hybridized carbons (Fsp3) is 0. The maximum absolute atomic E-state index is 6.78. The topological polar surface area (TPSA) is 21.3 Å². The van der Waals surface area contributed by atoms with E-state index in [2.05, 4.69) is 264 Å². The molecular weight excluding hydrogens is 837 g/mol. The zero-order valence-corrected chi connectivity index (χ0v) is 37.6. The van der Waals surface area contributed by atoms with Gasteiger partial charge in [0.1, 0.15) is 11.2 Å². The normalized spacial score (nSPS) is 11.8. The molecular formula is C66H42N2O. The summed E-state index contributed by atoms with van der Waals surface area (Å²) >= 11 is 0. The Labute approximate surface area is 399 Å². The molecule has 0 aliphatic heterocycles. The van der Waals surface area contributed by atoms with E-state index in [4.69, 9.17) is 4.42 Å². The number of nitrogens with zero attached hydrogens (tertiary/aromatic N) is 2. The fourth-order valence-corrected chi connectivity index (χ4v) is 11.0. The van der Waals surface area contributed by atoms with Crippen LogP contribution in [0.5, 0.6) is 0 Å². The second kappa shape index (κ2) is 15.7. The van der Waals surface area contributed by atoms with E-state index in [1.807, 2.05) is 0 Å². The second-order valence-corrected chi connectivity index (χ2v) is 18.0. The van der Waals surface area contributed by atoms with Gasteiger partial charge in [-0.1, -0.05) is 188 Å². The maximum atomic E-state index is 6.78. The van der Waals surface area contributed by atoms with Gasteiger partial charge in [0.15, 0.2) is 0 Å². The lowest BCUT2D eigenvalue weighted by atomic mass is 9.93. The smallest absolute Gasteiger partial charge is 0.143 e. The van der Waals surface area contributed by atoms with E-state index in [-0.39, 0.29) is 0 Å². The van der Waals surface area contributed by atoms with Gasteiger partial charge in [-0.2, -0.15) is 0 Å². The van der Waals surface area contributed by atoms with Crippen molar-refractivity contribution >= 4 is 93.1 Å². The number of furan rings is 1. The van der Waals surface area contributed by atoms with Crippen LogP contribution in [0.3, 0.4) is 0 Å². The molecule has 0 saturated heterocycles. The van der Waals surface area contributed by atoms with Gasteiger partial charge in [0, 0.05) is 55.1 Å². The summed E-state index contributed by atoms with van der Waals surface area (Å²) in [7, 11) is 0. The van der Waals surface area contributed by atoms with E-state index >= 15 is 0 Å². The third-order valence-corrected chi connectivity index (χ3v) is 14.2. The van der Waals surface area contributed by atoms with Gasteiger partial charge in [0.05, 0.1) is 16.7 Å². The first kappa shape index (κ1) is 39.0. The summed E-state index contributed by atoms with van der Waals surface area (Å²) in [5, 5.41) is 12.1. The van der Waals surface area contributed by atoms with Gasteiger partial charge in [-0.3, -0.25) is 0 Å². The first-order valence-corrected chi connectivity index (χ1v) is 23.7. The minimum absolute atomic E-state index is 0.905. The molecule has 0 fully saturated rings. The molecule has 3 nitrogen and oxygen atoms in total. The highest BCUT2D eigenvalue weighted by Gasteiger charge is 2.19. The van der Waals surface area contributed by atoms with Crippen LogP contribution in [0.25, 0.3) is 115 Å². The Balaban J connectivity index is 0.886. The fourth-order valence-electron chi connectivity index (χ4n) is 11.0. The van der Waals surface area contributed by atoms with E-state index in [0.29, 0.717) is 0 Å². The molecule has 0 spiro atoms. The molecule has 322 valence electrons. The van der Waals surface area contributed by atoms with E-state index in [0.717, 1.165) is 66.8 Å². The van der Waals surface area contributed by atoms with Crippen LogP contribution in [0.15, 0.2) is 259 Å². The molecule has 0 N–H and O–H groups in total. The number of fused-ring (bicyclic) bond motifs is 11. The van der Waals surface area contributed by atoms with Crippen LogP contribution < -0.4 is 4.90 Å². The molecule has 3 heteroatoms. The average molecular weight is 879 g/mol. The molecule has 0 saturated carbocycles. The van der Waals surface area contributed by atoms with Gasteiger partial charge in [0.25, 0.3) is 0 Å². The second-order valence-electron chi connectivity index (χ2n) is 18.0. The summed E-state index contributed by atoms with van der Waals surface area (Å²) in [5.74, 6) is 0. The Morgan fingerprint density at radius 1 is 0.275 bits per heavy atom. The predicted octanol–water partition coefficient (Wildman–Crippen LogP) is 18.6. The summed E-state index contributed by atoms with van der Waals surface area (Å²) in [5.41, 5.74) is 15.5. The number of para-hydroxylation sites is 4. The number of hydrogen-bond donors (Lipinski definition) is 0. The van der Waals surface area contributed by atoms with Crippen molar-refractivity contribution in [3.8, 4) is 39.1 Å². The Hall–Kier alpha value is -9.18. The highest BCUT2D eigenvalue weighted by atomic mass is 16.3. The van der Waals surface area contributed by atoms with Crippen molar-refractivity contribution in [1.82, 2.24) is 4.57 Å². The summed E-state index contributed by atoms with van der Waals surface area (Å²) in [6.07, 6.45) is 0. The number of rotatable bonds is 7. The predicted molar refractivity (Wildman–Crippen MR) is 292 cm³/mol. The van der Waals surface area contributed by atoms with Gasteiger partial charge in [-0.25, -0.2) is 0 Å². The van der Waals surface area contributed by atoms with E-state index in [1.54, 1.807) is 0 Å². The minimum Gasteiger partial charge on any atom is -0.455 e. The lowest BCUT2D eigenvalue weighted by Gasteiger charge is -2.26. The van der Waals surface area contributed by atoms with Crippen molar-refractivity contribution < 1.29 is 4.42 Å². The van der Waals surface area contributed by atoms with Gasteiger partial charge in [-0.15, -0.1) is 0 Å². The van der Waals surface area contributed by atoms with Crippen molar-refractivity contribution in [1.29, 1.82) is 0 Å². The SMILES string of the molecule is c1ccc(-n2c3ccccc3c3ccccc32)c(-c2ccc(N(c3ccc(-c4cc5ccccc5c5ccccc45)cc3)c3ccc(-c4cccc5c4oc4c6ccccc6ccc54)cc3)cc2)c1. The van der Waals surface area contributed by atoms with Crippen LogP contribution in [0.1, 0.15) is 0 Å². The number of benzene rings is 12. The molecule has 0 radical (unpaired) electrons. The molecule has 14 aromatic rings. The number of aromatic nitrogens is 1. The monoisotopic (exact) mass is 878 g/mol. The molecule has 0 amide bonds. The van der Waals surface area contributed by atoms with Crippen LogP contribution in [-0.4, -0.2) is 4.57 Å². The molecule has 2 heterocycles. The summed E-state index contributed by atoms with van der Waals surface area (Å²) in [6, 6.07) is 92.4. The van der Waals surface area contributed by atoms with Crippen molar-refractivity contribution in [2.75, 3.05) is 4.90 Å². The largest absolute Gasteiger partial charge is 0.455 e. The van der Waals surface area contributed by atoms with Crippen molar-refractivity contribution in [2.45, 2.75) is 0 Å². The van der Waals surface area contributed by atoms with E-state index < -0.39 is 0 Å². The van der Waals surface area contributed by atoms with Gasteiger partial charge in [0.2, 0.25) is 0 Å². The highest BCUT2D eigenvalue weighted by Crippen LogP contribution is 2.43. The van der Waals surface area contributed by atoms with Crippen LogP contribution in [0.2, 0.25) is 0 Å². The van der Waals surface area contributed by atoms with Crippen LogP contribution in [0.4, 0.5) is 17.1 Å². The van der Waals surface area contributed by atoms with Crippen molar-refractivity contribution in [3.05, 3.63) is 255 Å². The highest BCUT2D eigenvalue weighted by molar-refractivity contribution is 6.18. The third-order valence-electron chi connectivity index (χ3n) is 14.2. The van der Waals surface area contributed by atoms with Gasteiger partial charge < -0.3 is 13.9 Å². The minimum atomic E-state index is 0.905. The molecule has 0 bridgehead atoms. The lowest BCUT2D eigenvalue weighted by Crippen LogP contribution is -2.10. The molecule has 0 aliphatic carbocycles. The molecule has 12 aromatic carbocycles. The van der Waals surface area contributed by atoms with Crippen LogP contribution in [-0.2, 0) is 0 Å². The van der Waals surface area contributed by atoms with Gasteiger partial charge >= 0.3 is 0 Å². The molecule has 0 aliphatic rings. The first-order valence-electron chi connectivity index (χ1n) is 23.7. The molecule has 0 unspecified atom stereocenters. The van der Waals surface area contributed by atoms with Crippen LogP contribution in [0, 0.1) is 0 Å². The van der Waals surface area contributed by atoms with E-state index in [1.165, 1.54) is 65.4 Å². The van der Waals surface area contributed by atoms with Crippen LogP contribution >= 0.6 is 0 Å². The zero-order valence-electron chi connectivity index (χ0n) is 37.6. The molecule has 0 atom stereocenters.